The van der Waals surface area contributed by atoms with Gasteiger partial charge in [0.05, 0.1) is 25.2 Å². The van der Waals surface area contributed by atoms with E-state index in [-0.39, 0.29) is 29.9 Å². The van der Waals surface area contributed by atoms with Gasteiger partial charge in [-0.3, -0.25) is 4.57 Å². The summed E-state index contributed by atoms with van der Waals surface area (Å²) in [6.07, 6.45) is 6.68. The van der Waals surface area contributed by atoms with Gasteiger partial charge in [0, 0.05) is 25.3 Å². The zero-order valence-electron chi connectivity index (χ0n) is 20.1. The Morgan fingerprint density at radius 3 is 2.78 bits per heavy atom. The number of aliphatic hydroxyl groups is 1. The summed E-state index contributed by atoms with van der Waals surface area (Å²) >= 11 is 0. The van der Waals surface area contributed by atoms with Crippen molar-refractivity contribution in [3.63, 3.8) is 0 Å². The van der Waals surface area contributed by atoms with Crippen LogP contribution >= 0.6 is 0 Å². The topological polar surface area (TPSA) is 155 Å². The molecule has 0 radical (unpaired) electrons. The first-order valence-corrected chi connectivity index (χ1v) is 13.8. The molecule has 0 bridgehead atoms. The number of aromatic amines is 1. The number of sulfonamides is 1. The number of hydrogen-bond donors (Lipinski definition) is 3. The van der Waals surface area contributed by atoms with E-state index in [1.165, 1.54) is 11.4 Å². The summed E-state index contributed by atoms with van der Waals surface area (Å²) in [4.78, 5) is 28.7. The highest BCUT2D eigenvalue weighted by Crippen LogP contribution is 2.34. The van der Waals surface area contributed by atoms with Crippen LogP contribution in [0.5, 0.6) is 5.88 Å². The summed E-state index contributed by atoms with van der Waals surface area (Å²) in [5, 5.41) is 13.0. The van der Waals surface area contributed by atoms with Crippen LogP contribution in [0, 0.1) is 5.92 Å². The molecule has 2 aliphatic rings. The van der Waals surface area contributed by atoms with Gasteiger partial charge in [-0.05, 0) is 56.6 Å². The number of imidazole rings is 1. The summed E-state index contributed by atoms with van der Waals surface area (Å²) in [6, 6.07) is 3.48. The predicted molar refractivity (Wildman–Crippen MR) is 134 cm³/mol. The van der Waals surface area contributed by atoms with Crippen molar-refractivity contribution < 1.29 is 18.3 Å². The third-order valence-electron chi connectivity index (χ3n) is 7.05. The molecule has 36 heavy (non-hydrogen) atoms. The van der Waals surface area contributed by atoms with Crippen molar-refractivity contribution in [1.29, 1.82) is 0 Å². The Hall–Kier alpha value is -3.03. The minimum atomic E-state index is -3.42. The van der Waals surface area contributed by atoms with Crippen LogP contribution in [0.4, 0.5) is 11.6 Å². The molecule has 0 amide bonds. The molecule has 1 aliphatic heterocycles. The molecule has 3 aromatic heterocycles. The van der Waals surface area contributed by atoms with Gasteiger partial charge in [-0.1, -0.05) is 0 Å². The highest BCUT2D eigenvalue weighted by atomic mass is 32.2. The Bertz CT molecular complexity index is 1380. The van der Waals surface area contributed by atoms with E-state index < -0.39 is 16.1 Å². The number of ether oxygens (including phenoxy) is 1. The summed E-state index contributed by atoms with van der Waals surface area (Å²) in [5.41, 5.74) is 1.39. The van der Waals surface area contributed by atoms with Gasteiger partial charge in [0.25, 0.3) is 0 Å². The fourth-order valence-corrected chi connectivity index (χ4v) is 7.18. The van der Waals surface area contributed by atoms with Crippen molar-refractivity contribution in [3.05, 3.63) is 35.0 Å². The molecule has 2 fully saturated rings. The van der Waals surface area contributed by atoms with Crippen LogP contribution in [-0.2, 0) is 10.0 Å². The third-order valence-corrected chi connectivity index (χ3v) is 9.06. The molecule has 1 saturated heterocycles. The van der Waals surface area contributed by atoms with Crippen molar-refractivity contribution >= 4 is 32.8 Å². The molecule has 3 aromatic rings. The molecule has 13 heteroatoms. The molecule has 0 spiro atoms. The second-order valence-corrected chi connectivity index (χ2v) is 11.5. The molecule has 12 nitrogen and oxygen atoms in total. The molecule has 3 N–H and O–H groups in total. The minimum absolute atomic E-state index is 0.0242. The van der Waals surface area contributed by atoms with E-state index in [1.807, 2.05) is 0 Å². The second kappa shape index (κ2) is 10.1. The van der Waals surface area contributed by atoms with E-state index in [9.17, 15) is 18.3 Å². The van der Waals surface area contributed by atoms with Crippen LogP contribution in [0.1, 0.15) is 44.6 Å². The van der Waals surface area contributed by atoms with E-state index >= 15 is 0 Å². The largest absolute Gasteiger partial charge is 0.480 e. The molecular weight excluding hydrogens is 486 g/mol. The minimum Gasteiger partial charge on any atom is -0.480 e. The number of H-pyrrole nitrogens is 1. The van der Waals surface area contributed by atoms with Gasteiger partial charge in [-0.25, -0.2) is 23.2 Å². The lowest BCUT2D eigenvalue weighted by Gasteiger charge is -2.33. The molecule has 0 aromatic carbocycles. The summed E-state index contributed by atoms with van der Waals surface area (Å²) in [6.45, 7) is 0.657. The number of β-amino-alcohol motifs (C(OH)–C–C–N with tert-alkyl or cyclic N) is 1. The smallest absolute Gasteiger partial charge is 0.327 e. The van der Waals surface area contributed by atoms with Crippen LogP contribution in [-0.4, -0.2) is 74.4 Å². The van der Waals surface area contributed by atoms with E-state index in [4.69, 9.17) is 4.74 Å². The van der Waals surface area contributed by atoms with E-state index in [1.54, 1.807) is 29.1 Å². The van der Waals surface area contributed by atoms with Crippen LogP contribution in [0.2, 0.25) is 0 Å². The zero-order chi connectivity index (χ0) is 25.3. The molecular formula is C23H31N7O5S. The Labute approximate surface area is 208 Å². The molecule has 1 saturated carbocycles. The molecule has 4 heterocycles. The number of nitrogens with zero attached hydrogens (tertiary/aromatic N) is 5. The lowest BCUT2D eigenvalue weighted by Crippen LogP contribution is -2.44. The number of fused-ring (bicyclic) bond motifs is 1. The van der Waals surface area contributed by atoms with Crippen LogP contribution < -0.4 is 15.7 Å². The first-order valence-electron chi connectivity index (χ1n) is 12.2. The van der Waals surface area contributed by atoms with Gasteiger partial charge in [0.15, 0.2) is 5.65 Å². The number of methoxy groups -OCH3 is 1. The SMILES string of the molecule is COc1ncccc1Nc1ncc2[nH]c(=O)n([C@H]3CC[C@H](CS(=O)(=O)N4CCCC(O)C4)CC3)c2n1. The Balaban J connectivity index is 1.30. The first kappa shape index (κ1) is 24.7. The average molecular weight is 518 g/mol. The standard InChI is InChI=1S/C23H31N7O5S/c1-35-21-18(5-2-10-24-21)26-22-25-12-19-20(28-22)30(23(32)27-19)16-8-6-15(7-9-16)14-36(33,34)29-11-3-4-17(31)13-29/h2,5,10,12,15-17,31H,3-4,6-9,11,13-14H2,1H3,(H,27,32)(H,25,26,28)/t15-,16-,17?. The second-order valence-electron chi connectivity index (χ2n) is 9.52. The third kappa shape index (κ3) is 5.08. The van der Waals surface area contributed by atoms with Crippen molar-refractivity contribution in [2.75, 3.05) is 31.3 Å². The number of hydrogen-bond acceptors (Lipinski definition) is 9. The normalized spacial score (nSPS) is 23.6. The zero-order valence-corrected chi connectivity index (χ0v) is 20.9. The molecule has 1 atom stereocenters. The Morgan fingerprint density at radius 2 is 2.03 bits per heavy atom. The number of pyridine rings is 1. The number of aliphatic hydroxyl groups excluding tert-OH is 1. The maximum absolute atomic E-state index is 12.9. The van der Waals surface area contributed by atoms with Crippen LogP contribution in [0.25, 0.3) is 11.2 Å². The van der Waals surface area contributed by atoms with Gasteiger partial charge in [0.1, 0.15) is 11.2 Å². The number of aromatic nitrogens is 5. The highest BCUT2D eigenvalue weighted by Gasteiger charge is 2.33. The van der Waals surface area contributed by atoms with E-state index in [0.29, 0.717) is 73.7 Å². The van der Waals surface area contributed by atoms with Crippen molar-refractivity contribution in [2.45, 2.75) is 50.7 Å². The van der Waals surface area contributed by atoms with Crippen LogP contribution in [0.3, 0.4) is 0 Å². The molecule has 1 aliphatic carbocycles. The first-order chi connectivity index (χ1) is 17.3. The average Bonchev–Trinajstić information content (AvgIpc) is 3.19. The quantitative estimate of drug-likeness (QED) is 0.425. The number of rotatable bonds is 7. The highest BCUT2D eigenvalue weighted by molar-refractivity contribution is 7.89. The maximum Gasteiger partial charge on any atom is 0.327 e. The molecule has 5 rings (SSSR count). The predicted octanol–water partition coefficient (Wildman–Crippen LogP) is 1.78. The summed E-state index contributed by atoms with van der Waals surface area (Å²) in [7, 11) is -1.89. The van der Waals surface area contributed by atoms with Crippen molar-refractivity contribution in [3.8, 4) is 5.88 Å². The fourth-order valence-electron chi connectivity index (χ4n) is 5.23. The van der Waals surface area contributed by atoms with Gasteiger partial charge in [-0.15, -0.1) is 0 Å². The number of anilines is 2. The number of piperidine rings is 1. The summed E-state index contributed by atoms with van der Waals surface area (Å²) < 4.78 is 34.1. The fraction of sp³-hybridized carbons (Fsp3) is 0.565. The lowest BCUT2D eigenvalue weighted by molar-refractivity contribution is 0.107. The van der Waals surface area contributed by atoms with Crippen molar-refractivity contribution in [1.82, 2.24) is 28.8 Å². The van der Waals surface area contributed by atoms with E-state index in [2.05, 4.69) is 25.3 Å². The Morgan fingerprint density at radius 1 is 1.22 bits per heavy atom. The Kier molecular flexibility index (Phi) is 6.95. The van der Waals surface area contributed by atoms with Gasteiger partial charge >= 0.3 is 5.69 Å². The molecule has 194 valence electrons. The lowest BCUT2D eigenvalue weighted by atomic mass is 9.87. The maximum atomic E-state index is 12.9. The monoisotopic (exact) mass is 517 g/mol. The molecule has 1 unspecified atom stereocenters. The van der Waals surface area contributed by atoms with Gasteiger partial charge in [-0.2, -0.15) is 9.29 Å². The van der Waals surface area contributed by atoms with Crippen molar-refractivity contribution in [2.24, 2.45) is 5.92 Å². The van der Waals surface area contributed by atoms with Gasteiger partial charge in [0.2, 0.25) is 21.9 Å². The van der Waals surface area contributed by atoms with Crippen LogP contribution in [0.15, 0.2) is 29.3 Å². The van der Waals surface area contributed by atoms with E-state index in [0.717, 1.165) is 0 Å². The number of nitrogens with one attached hydrogen (secondary N) is 2. The summed E-state index contributed by atoms with van der Waals surface area (Å²) in [5.74, 6) is 0.819. The van der Waals surface area contributed by atoms with Gasteiger partial charge < -0.3 is 20.1 Å².